The van der Waals surface area contributed by atoms with E-state index in [1.807, 2.05) is 0 Å². The fourth-order valence-electron chi connectivity index (χ4n) is 3.85. The number of carbonyl (C=O) groups excluding carboxylic acids is 1. The minimum Gasteiger partial charge on any atom is -0.353 e. The van der Waals surface area contributed by atoms with Gasteiger partial charge in [-0.15, -0.1) is 0 Å². The van der Waals surface area contributed by atoms with Gasteiger partial charge in [0.15, 0.2) is 0 Å². The SMILES string of the molecule is O=C(NC1CCN(C2CCSCC2)CC1)[C@H]1CCCNC1. The number of rotatable bonds is 3. The zero-order chi connectivity index (χ0) is 14.5. The first kappa shape index (κ1) is 15.6. The van der Waals surface area contributed by atoms with E-state index in [2.05, 4.69) is 27.3 Å². The van der Waals surface area contributed by atoms with E-state index in [1.54, 1.807) is 0 Å². The van der Waals surface area contributed by atoms with Gasteiger partial charge in [-0.3, -0.25) is 4.79 Å². The van der Waals surface area contributed by atoms with Gasteiger partial charge in [0.1, 0.15) is 0 Å². The summed E-state index contributed by atoms with van der Waals surface area (Å²) in [5.41, 5.74) is 0. The Bertz CT molecular complexity index is 332. The van der Waals surface area contributed by atoms with Gasteiger partial charge < -0.3 is 15.5 Å². The molecule has 1 amide bonds. The van der Waals surface area contributed by atoms with Crippen LogP contribution in [0.5, 0.6) is 0 Å². The van der Waals surface area contributed by atoms with E-state index >= 15 is 0 Å². The van der Waals surface area contributed by atoms with E-state index in [0.29, 0.717) is 6.04 Å². The van der Waals surface area contributed by atoms with Gasteiger partial charge >= 0.3 is 0 Å². The molecular weight excluding hydrogens is 282 g/mol. The van der Waals surface area contributed by atoms with Crippen molar-refractivity contribution in [3.8, 4) is 0 Å². The Kier molecular flexibility index (Phi) is 5.83. The third-order valence-corrected chi connectivity index (χ3v) is 6.30. The number of carbonyl (C=O) groups is 1. The van der Waals surface area contributed by atoms with Gasteiger partial charge in [-0.1, -0.05) is 0 Å². The van der Waals surface area contributed by atoms with Crippen molar-refractivity contribution in [2.75, 3.05) is 37.7 Å². The molecule has 0 saturated carbocycles. The van der Waals surface area contributed by atoms with Crippen LogP contribution in [0.25, 0.3) is 0 Å². The van der Waals surface area contributed by atoms with Crippen LogP contribution in [0.4, 0.5) is 0 Å². The van der Waals surface area contributed by atoms with Gasteiger partial charge in [0, 0.05) is 31.7 Å². The lowest BCUT2D eigenvalue weighted by molar-refractivity contribution is -0.126. The van der Waals surface area contributed by atoms with Crippen molar-refractivity contribution in [2.45, 2.75) is 50.6 Å². The van der Waals surface area contributed by atoms with Gasteiger partial charge in [-0.2, -0.15) is 11.8 Å². The van der Waals surface area contributed by atoms with Crippen LogP contribution in [0.1, 0.15) is 38.5 Å². The molecule has 2 N–H and O–H groups in total. The third kappa shape index (κ3) is 4.36. The second kappa shape index (κ2) is 7.84. The molecule has 21 heavy (non-hydrogen) atoms. The highest BCUT2D eigenvalue weighted by molar-refractivity contribution is 7.99. The zero-order valence-electron chi connectivity index (χ0n) is 13.0. The number of nitrogens with one attached hydrogen (secondary N) is 2. The normalized spacial score (nSPS) is 30.2. The third-order valence-electron chi connectivity index (χ3n) is 5.25. The summed E-state index contributed by atoms with van der Waals surface area (Å²) in [6.07, 6.45) is 7.17. The zero-order valence-corrected chi connectivity index (χ0v) is 13.8. The molecule has 0 unspecified atom stereocenters. The molecule has 3 fully saturated rings. The van der Waals surface area contributed by atoms with Crippen LogP contribution >= 0.6 is 11.8 Å². The highest BCUT2D eigenvalue weighted by Gasteiger charge is 2.28. The summed E-state index contributed by atoms with van der Waals surface area (Å²) in [5, 5.41) is 6.63. The van der Waals surface area contributed by atoms with E-state index in [1.165, 1.54) is 37.4 Å². The smallest absolute Gasteiger partial charge is 0.224 e. The Morgan fingerprint density at radius 1 is 1.10 bits per heavy atom. The Hall–Kier alpha value is -0.260. The Morgan fingerprint density at radius 2 is 1.86 bits per heavy atom. The highest BCUT2D eigenvalue weighted by atomic mass is 32.2. The number of nitrogens with zero attached hydrogens (tertiary/aromatic N) is 1. The standard InChI is InChI=1S/C16H29N3OS/c20-16(13-2-1-7-17-12-13)18-14-3-8-19(9-4-14)15-5-10-21-11-6-15/h13-15,17H,1-12H2,(H,18,20)/t13-/m0/s1. The molecule has 0 radical (unpaired) electrons. The monoisotopic (exact) mass is 311 g/mol. The summed E-state index contributed by atoms with van der Waals surface area (Å²) in [6, 6.07) is 1.22. The first-order chi connectivity index (χ1) is 10.3. The number of hydrogen-bond acceptors (Lipinski definition) is 4. The van der Waals surface area contributed by atoms with Crippen LogP contribution in [0, 0.1) is 5.92 Å². The van der Waals surface area contributed by atoms with Crippen molar-refractivity contribution in [3.05, 3.63) is 0 Å². The van der Waals surface area contributed by atoms with Crippen molar-refractivity contribution in [2.24, 2.45) is 5.92 Å². The lowest BCUT2D eigenvalue weighted by atomic mass is 9.96. The van der Waals surface area contributed by atoms with E-state index in [-0.39, 0.29) is 11.8 Å². The molecule has 3 aliphatic rings. The van der Waals surface area contributed by atoms with E-state index in [0.717, 1.165) is 44.8 Å². The molecule has 0 aromatic carbocycles. The Morgan fingerprint density at radius 3 is 2.52 bits per heavy atom. The summed E-state index contributed by atoms with van der Waals surface area (Å²) in [4.78, 5) is 15.0. The number of amides is 1. The minimum absolute atomic E-state index is 0.201. The van der Waals surface area contributed by atoms with E-state index in [9.17, 15) is 4.79 Å². The van der Waals surface area contributed by atoms with Crippen molar-refractivity contribution in [3.63, 3.8) is 0 Å². The molecule has 3 rings (SSSR count). The number of likely N-dealkylation sites (tertiary alicyclic amines) is 1. The van der Waals surface area contributed by atoms with Crippen LogP contribution in [0.2, 0.25) is 0 Å². The molecule has 3 saturated heterocycles. The molecule has 3 aliphatic heterocycles. The maximum atomic E-state index is 12.3. The fraction of sp³-hybridized carbons (Fsp3) is 0.938. The van der Waals surface area contributed by atoms with E-state index < -0.39 is 0 Å². The van der Waals surface area contributed by atoms with Crippen molar-refractivity contribution < 1.29 is 4.79 Å². The summed E-state index contributed by atoms with van der Waals surface area (Å²) in [6.45, 7) is 4.28. The largest absolute Gasteiger partial charge is 0.353 e. The molecule has 0 spiro atoms. The molecule has 0 aromatic rings. The maximum Gasteiger partial charge on any atom is 0.224 e. The number of hydrogen-bond donors (Lipinski definition) is 2. The van der Waals surface area contributed by atoms with Crippen LogP contribution in [-0.2, 0) is 4.79 Å². The van der Waals surface area contributed by atoms with E-state index in [4.69, 9.17) is 0 Å². The lowest BCUT2D eigenvalue weighted by Gasteiger charge is -2.39. The Labute approximate surface area is 132 Å². The van der Waals surface area contributed by atoms with Crippen LogP contribution in [0.15, 0.2) is 0 Å². The summed E-state index contributed by atoms with van der Waals surface area (Å²) < 4.78 is 0. The van der Waals surface area contributed by atoms with Gasteiger partial charge in [-0.05, 0) is 56.6 Å². The molecule has 0 bridgehead atoms. The average molecular weight is 311 g/mol. The first-order valence-corrected chi connectivity index (χ1v) is 9.81. The quantitative estimate of drug-likeness (QED) is 0.828. The molecule has 5 heteroatoms. The highest BCUT2D eigenvalue weighted by Crippen LogP contribution is 2.24. The Balaban J connectivity index is 1.39. The van der Waals surface area contributed by atoms with Gasteiger partial charge in [-0.25, -0.2) is 0 Å². The minimum atomic E-state index is 0.201. The van der Waals surface area contributed by atoms with Crippen molar-refractivity contribution in [1.29, 1.82) is 0 Å². The molecule has 3 heterocycles. The predicted octanol–water partition coefficient (Wildman–Crippen LogP) is 1.46. The van der Waals surface area contributed by atoms with Gasteiger partial charge in [0.2, 0.25) is 5.91 Å². The average Bonchev–Trinajstić information content (AvgIpc) is 2.57. The summed E-state index contributed by atoms with van der Waals surface area (Å²) >= 11 is 2.10. The number of piperidine rings is 2. The first-order valence-electron chi connectivity index (χ1n) is 8.66. The van der Waals surface area contributed by atoms with Crippen LogP contribution < -0.4 is 10.6 Å². The molecule has 1 atom stereocenters. The van der Waals surface area contributed by atoms with Crippen molar-refractivity contribution >= 4 is 17.7 Å². The molecule has 120 valence electrons. The molecular formula is C16H29N3OS. The summed E-state index contributed by atoms with van der Waals surface area (Å²) in [5.74, 6) is 3.15. The van der Waals surface area contributed by atoms with Crippen molar-refractivity contribution in [1.82, 2.24) is 15.5 Å². The van der Waals surface area contributed by atoms with Crippen LogP contribution in [0.3, 0.4) is 0 Å². The maximum absolute atomic E-state index is 12.3. The topological polar surface area (TPSA) is 44.4 Å². The number of thioether (sulfide) groups is 1. The summed E-state index contributed by atoms with van der Waals surface area (Å²) in [7, 11) is 0. The molecule has 0 aliphatic carbocycles. The van der Waals surface area contributed by atoms with Crippen LogP contribution in [-0.4, -0.2) is 60.6 Å². The second-order valence-electron chi connectivity index (χ2n) is 6.71. The van der Waals surface area contributed by atoms with Gasteiger partial charge in [0.05, 0.1) is 5.92 Å². The lowest BCUT2D eigenvalue weighted by Crippen LogP contribution is -2.51. The second-order valence-corrected chi connectivity index (χ2v) is 7.93. The predicted molar refractivity (Wildman–Crippen MR) is 88.7 cm³/mol. The molecule has 4 nitrogen and oxygen atoms in total. The van der Waals surface area contributed by atoms with Gasteiger partial charge in [0.25, 0.3) is 0 Å². The molecule has 0 aromatic heterocycles. The fourth-order valence-corrected chi connectivity index (χ4v) is 4.94.